The van der Waals surface area contributed by atoms with Crippen molar-refractivity contribution in [2.24, 2.45) is 0 Å². The topological polar surface area (TPSA) is 67.4 Å². The molecule has 1 atom stereocenters. The number of carbonyl (C=O) groups is 2. The van der Waals surface area contributed by atoms with Gasteiger partial charge in [0.15, 0.2) is 0 Å². The van der Waals surface area contributed by atoms with Gasteiger partial charge in [0, 0.05) is 17.8 Å². The third-order valence-corrected chi connectivity index (χ3v) is 2.98. The molecule has 0 saturated heterocycles. The third kappa shape index (κ3) is 2.45. The number of benzene rings is 1. The summed E-state index contributed by atoms with van der Waals surface area (Å²) >= 11 is 0. The summed E-state index contributed by atoms with van der Waals surface area (Å²) < 4.78 is 4.56. The van der Waals surface area contributed by atoms with Gasteiger partial charge in [0.05, 0.1) is 7.11 Å². The number of nitrogens with one attached hydrogen (secondary N) is 2. The summed E-state index contributed by atoms with van der Waals surface area (Å²) in [4.78, 5) is 23.1. The van der Waals surface area contributed by atoms with Gasteiger partial charge in [0.1, 0.15) is 6.04 Å². The van der Waals surface area contributed by atoms with Crippen molar-refractivity contribution in [2.75, 3.05) is 19.0 Å². The average molecular weight is 248 g/mol. The standard InChI is InChI=1S/C13H16N2O3/c1-8(13(17)18-2)15-12(16)10-4-3-9-5-6-14-11(9)7-10/h3-4,7-8,14H,5-6H2,1-2H3,(H,15,16). The number of anilines is 1. The molecular weight excluding hydrogens is 232 g/mol. The molecule has 1 heterocycles. The van der Waals surface area contributed by atoms with Gasteiger partial charge in [-0.3, -0.25) is 4.79 Å². The lowest BCUT2D eigenvalue weighted by Crippen LogP contribution is -2.39. The minimum Gasteiger partial charge on any atom is -0.467 e. The molecule has 0 radical (unpaired) electrons. The van der Waals surface area contributed by atoms with Crippen LogP contribution in [0.5, 0.6) is 0 Å². The summed E-state index contributed by atoms with van der Waals surface area (Å²) in [5, 5.41) is 5.81. The highest BCUT2D eigenvalue weighted by molar-refractivity contribution is 5.97. The Bertz CT molecular complexity index is 485. The number of ether oxygens (including phenoxy) is 1. The highest BCUT2D eigenvalue weighted by Gasteiger charge is 2.18. The summed E-state index contributed by atoms with van der Waals surface area (Å²) in [7, 11) is 1.30. The van der Waals surface area contributed by atoms with Crippen LogP contribution in [-0.4, -0.2) is 31.6 Å². The Kier molecular flexibility index (Phi) is 3.50. The second-order valence-electron chi connectivity index (χ2n) is 4.27. The summed E-state index contributed by atoms with van der Waals surface area (Å²) in [5.74, 6) is -0.730. The lowest BCUT2D eigenvalue weighted by atomic mass is 10.1. The van der Waals surface area contributed by atoms with Crippen molar-refractivity contribution >= 4 is 17.6 Å². The van der Waals surface area contributed by atoms with Crippen LogP contribution >= 0.6 is 0 Å². The lowest BCUT2D eigenvalue weighted by molar-refractivity contribution is -0.142. The van der Waals surface area contributed by atoms with Crippen LogP contribution < -0.4 is 10.6 Å². The van der Waals surface area contributed by atoms with Crippen molar-refractivity contribution in [2.45, 2.75) is 19.4 Å². The van der Waals surface area contributed by atoms with E-state index in [0.717, 1.165) is 18.7 Å². The zero-order chi connectivity index (χ0) is 13.1. The second-order valence-corrected chi connectivity index (χ2v) is 4.27. The van der Waals surface area contributed by atoms with Crippen LogP contribution in [-0.2, 0) is 16.0 Å². The van der Waals surface area contributed by atoms with Gasteiger partial charge in [0.25, 0.3) is 5.91 Å². The van der Waals surface area contributed by atoms with E-state index in [1.165, 1.54) is 12.7 Å². The van der Waals surface area contributed by atoms with Crippen LogP contribution in [0.3, 0.4) is 0 Å². The third-order valence-electron chi connectivity index (χ3n) is 2.98. The van der Waals surface area contributed by atoms with E-state index in [1.54, 1.807) is 13.0 Å². The van der Waals surface area contributed by atoms with Gasteiger partial charge in [-0.2, -0.15) is 0 Å². The second kappa shape index (κ2) is 5.08. The zero-order valence-electron chi connectivity index (χ0n) is 10.4. The predicted octanol–water partition coefficient (Wildman–Crippen LogP) is 0.946. The minimum atomic E-state index is -0.649. The molecule has 0 fully saturated rings. The molecule has 5 heteroatoms. The van der Waals surface area contributed by atoms with Crippen molar-refractivity contribution in [3.05, 3.63) is 29.3 Å². The smallest absolute Gasteiger partial charge is 0.328 e. The van der Waals surface area contributed by atoms with Crippen molar-refractivity contribution in [1.29, 1.82) is 0 Å². The molecule has 1 aliphatic heterocycles. The number of methoxy groups -OCH3 is 1. The van der Waals surface area contributed by atoms with Crippen LogP contribution in [0, 0.1) is 0 Å². The Labute approximate surface area is 106 Å². The van der Waals surface area contributed by atoms with E-state index in [4.69, 9.17) is 0 Å². The maximum absolute atomic E-state index is 11.9. The lowest BCUT2D eigenvalue weighted by Gasteiger charge is -2.12. The van der Waals surface area contributed by atoms with Crippen molar-refractivity contribution in [1.82, 2.24) is 5.32 Å². The molecule has 0 aliphatic carbocycles. The molecule has 1 amide bonds. The monoisotopic (exact) mass is 248 g/mol. The van der Waals surface area contributed by atoms with Crippen molar-refractivity contribution in [3.8, 4) is 0 Å². The molecule has 1 aromatic carbocycles. The number of esters is 1. The van der Waals surface area contributed by atoms with E-state index in [-0.39, 0.29) is 5.91 Å². The van der Waals surface area contributed by atoms with E-state index in [9.17, 15) is 9.59 Å². The number of hydrogen-bond acceptors (Lipinski definition) is 4. The normalized spacial score (nSPS) is 14.3. The van der Waals surface area contributed by atoms with E-state index in [0.29, 0.717) is 5.56 Å². The molecule has 0 saturated carbocycles. The molecule has 96 valence electrons. The van der Waals surface area contributed by atoms with E-state index >= 15 is 0 Å². The fourth-order valence-electron chi connectivity index (χ4n) is 1.95. The molecule has 0 spiro atoms. The molecule has 0 bridgehead atoms. The van der Waals surface area contributed by atoms with Gasteiger partial charge in [-0.25, -0.2) is 4.79 Å². The van der Waals surface area contributed by atoms with E-state index < -0.39 is 12.0 Å². The molecule has 1 aromatic rings. The fraction of sp³-hybridized carbons (Fsp3) is 0.385. The van der Waals surface area contributed by atoms with Crippen LogP contribution in [0.4, 0.5) is 5.69 Å². The number of amides is 1. The molecule has 5 nitrogen and oxygen atoms in total. The Hall–Kier alpha value is -2.04. The number of carbonyl (C=O) groups excluding carboxylic acids is 2. The van der Waals surface area contributed by atoms with Gasteiger partial charge in [-0.1, -0.05) is 6.07 Å². The quantitative estimate of drug-likeness (QED) is 0.781. The van der Waals surface area contributed by atoms with Crippen LogP contribution in [0.25, 0.3) is 0 Å². The number of hydrogen-bond donors (Lipinski definition) is 2. The molecule has 2 rings (SSSR count). The van der Waals surface area contributed by atoms with Crippen molar-refractivity contribution < 1.29 is 14.3 Å². The predicted molar refractivity (Wildman–Crippen MR) is 67.6 cm³/mol. The average Bonchev–Trinajstić information content (AvgIpc) is 2.84. The molecule has 1 aliphatic rings. The maximum atomic E-state index is 11.9. The molecular formula is C13H16N2O3. The Balaban J connectivity index is 2.07. The van der Waals surface area contributed by atoms with E-state index in [2.05, 4.69) is 15.4 Å². The Morgan fingerprint density at radius 1 is 1.44 bits per heavy atom. The number of fused-ring (bicyclic) bond motifs is 1. The van der Waals surface area contributed by atoms with Crippen molar-refractivity contribution in [3.63, 3.8) is 0 Å². The highest BCUT2D eigenvalue weighted by atomic mass is 16.5. The van der Waals surface area contributed by atoms with Gasteiger partial charge in [0.2, 0.25) is 0 Å². The zero-order valence-corrected chi connectivity index (χ0v) is 10.4. The first-order valence-corrected chi connectivity index (χ1v) is 5.87. The SMILES string of the molecule is COC(=O)C(C)NC(=O)c1ccc2c(c1)NCC2. The van der Waals surface area contributed by atoms with Crippen LogP contribution in [0.1, 0.15) is 22.8 Å². The first-order valence-electron chi connectivity index (χ1n) is 5.87. The molecule has 2 N–H and O–H groups in total. The van der Waals surface area contributed by atoms with Gasteiger partial charge < -0.3 is 15.4 Å². The molecule has 18 heavy (non-hydrogen) atoms. The first-order chi connectivity index (χ1) is 8.61. The van der Waals surface area contributed by atoms with Crippen LogP contribution in [0.2, 0.25) is 0 Å². The van der Waals surface area contributed by atoms with Gasteiger partial charge in [-0.15, -0.1) is 0 Å². The minimum absolute atomic E-state index is 0.274. The molecule has 1 unspecified atom stereocenters. The van der Waals surface area contributed by atoms with Gasteiger partial charge in [-0.05, 0) is 31.0 Å². The number of rotatable bonds is 3. The van der Waals surface area contributed by atoms with Gasteiger partial charge >= 0.3 is 5.97 Å². The summed E-state index contributed by atoms with van der Waals surface area (Å²) in [5.41, 5.74) is 2.75. The Morgan fingerprint density at radius 2 is 2.22 bits per heavy atom. The fourth-order valence-corrected chi connectivity index (χ4v) is 1.95. The highest BCUT2D eigenvalue weighted by Crippen LogP contribution is 2.23. The summed E-state index contributed by atoms with van der Waals surface area (Å²) in [6.45, 7) is 2.49. The summed E-state index contributed by atoms with van der Waals surface area (Å²) in [6, 6.07) is 4.86. The van der Waals surface area contributed by atoms with Crippen LogP contribution in [0.15, 0.2) is 18.2 Å². The van der Waals surface area contributed by atoms with E-state index in [1.807, 2.05) is 12.1 Å². The first kappa shape index (κ1) is 12.4. The maximum Gasteiger partial charge on any atom is 0.328 e. The molecule has 0 aromatic heterocycles. The summed E-state index contributed by atoms with van der Waals surface area (Å²) in [6.07, 6.45) is 0.982. The Morgan fingerprint density at radius 3 is 2.94 bits per heavy atom. The largest absolute Gasteiger partial charge is 0.467 e.